The van der Waals surface area contributed by atoms with Crippen molar-refractivity contribution in [3.05, 3.63) is 23.4 Å². The maximum Gasteiger partial charge on any atom is 0.154 e. The fourth-order valence-corrected chi connectivity index (χ4v) is 3.97. The minimum absolute atomic E-state index is 0.0380. The molecule has 1 aliphatic rings. The van der Waals surface area contributed by atoms with Gasteiger partial charge in [0.2, 0.25) is 0 Å². The summed E-state index contributed by atoms with van der Waals surface area (Å²) in [5.74, 6) is 1.25. The lowest BCUT2D eigenvalue weighted by molar-refractivity contribution is 0.566. The van der Waals surface area contributed by atoms with Crippen LogP contribution in [0.3, 0.4) is 0 Å². The van der Waals surface area contributed by atoms with Crippen LogP contribution < -0.4 is 10.6 Å². The highest BCUT2D eigenvalue weighted by molar-refractivity contribution is 7.91. The van der Waals surface area contributed by atoms with E-state index in [1.54, 1.807) is 0 Å². The summed E-state index contributed by atoms with van der Waals surface area (Å²) in [6, 6.07) is 3.94. The van der Waals surface area contributed by atoms with Gasteiger partial charge in [-0.1, -0.05) is 6.92 Å². The van der Waals surface area contributed by atoms with Crippen LogP contribution in [0.5, 0.6) is 0 Å². The summed E-state index contributed by atoms with van der Waals surface area (Å²) in [5, 5.41) is 0. The van der Waals surface area contributed by atoms with E-state index in [-0.39, 0.29) is 17.5 Å². The third kappa shape index (κ3) is 3.25. The molecule has 1 saturated heterocycles. The van der Waals surface area contributed by atoms with Gasteiger partial charge in [0, 0.05) is 24.8 Å². The minimum Gasteiger partial charge on any atom is -0.352 e. The van der Waals surface area contributed by atoms with E-state index < -0.39 is 9.84 Å². The molecule has 5 nitrogen and oxygen atoms in total. The van der Waals surface area contributed by atoms with Crippen LogP contribution >= 0.6 is 0 Å². The molecule has 106 valence electrons. The van der Waals surface area contributed by atoms with Gasteiger partial charge in [-0.2, -0.15) is 0 Å². The Morgan fingerprint density at radius 1 is 1.47 bits per heavy atom. The second kappa shape index (κ2) is 5.46. The predicted octanol–water partition coefficient (Wildman–Crippen LogP) is 0.726. The average Bonchev–Trinajstić information content (AvgIpc) is 2.37. The van der Waals surface area contributed by atoms with Crippen LogP contribution in [0.4, 0.5) is 5.82 Å². The van der Waals surface area contributed by atoms with E-state index in [0.717, 1.165) is 23.5 Å². The number of anilines is 1. The number of aryl methyl sites for hydroxylation is 1. The Labute approximate surface area is 114 Å². The van der Waals surface area contributed by atoms with Gasteiger partial charge in [-0.25, -0.2) is 13.4 Å². The molecule has 0 bridgehead atoms. The van der Waals surface area contributed by atoms with Crippen molar-refractivity contribution in [1.82, 2.24) is 4.98 Å². The van der Waals surface area contributed by atoms with Gasteiger partial charge in [-0.3, -0.25) is 0 Å². The smallest absolute Gasteiger partial charge is 0.154 e. The maximum absolute atomic E-state index is 11.6. The Balaban J connectivity index is 2.31. The lowest BCUT2D eigenvalue weighted by Crippen LogP contribution is -2.47. The summed E-state index contributed by atoms with van der Waals surface area (Å²) in [4.78, 5) is 6.67. The van der Waals surface area contributed by atoms with Crippen LogP contribution in [0.2, 0.25) is 0 Å². The second-order valence-corrected chi connectivity index (χ2v) is 7.27. The van der Waals surface area contributed by atoms with Crippen molar-refractivity contribution in [3.8, 4) is 0 Å². The number of nitrogens with zero attached hydrogens (tertiary/aromatic N) is 2. The molecule has 0 aliphatic carbocycles. The van der Waals surface area contributed by atoms with Crippen molar-refractivity contribution in [2.45, 2.75) is 32.9 Å². The van der Waals surface area contributed by atoms with E-state index >= 15 is 0 Å². The van der Waals surface area contributed by atoms with Crippen LogP contribution in [-0.4, -0.2) is 37.5 Å². The van der Waals surface area contributed by atoms with Crippen LogP contribution in [0.1, 0.15) is 25.1 Å². The fraction of sp³-hybridized carbons (Fsp3) is 0.615. The Bertz CT molecular complexity index is 535. The molecule has 6 heteroatoms. The lowest BCUT2D eigenvalue weighted by Gasteiger charge is -2.34. The van der Waals surface area contributed by atoms with Crippen LogP contribution in [0, 0.1) is 0 Å². The molecule has 0 spiro atoms. The Hall–Kier alpha value is -1.14. The van der Waals surface area contributed by atoms with Gasteiger partial charge in [-0.05, 0) is 31.0 Å². The molecule has 2 rings (SSSR count). The van der Waals surface area contributed by atoms with E-state index in [1.165, 1.54) is 0 Å². The van der Waals surface area contributed by atoms with Gasteiger partial charge in [-0.15, -0.1) is 0 Å². The van der Waals surface area contributed by atoms with Gasteiger partial charge in [0.15, 0.2) is 9.84 Å². The third-order valence-corrected chi connectivity index (χ3v) is 5.28. The molecular weight excluding hydrogens is 262 g/mol. The monoisotopic (exact) mass is 283 g/mol. The minimum atomic E-state index is -2.90. The quantitative estimate of drug-likeness (QED) is 0.885. The van der Waals surface area contributed by atoms with Crippen molar-refractivity contribution >= 4 is 15.7 Å². The number of sulfone groups is 1. The molecule has 0 radical (unpaired) electrons. The first-order chi connectivity index (χ1) is 8.95. The average molecular weight is 283 g/mol. The summed E-state index contributed by atoms with van der Waals surface area (Å²) in [7, 11) is -2.90. The highest BCUT2D eigenvalue weighted by Gasteiger charge is 2.29. The predicted molar refractivity (Wildman–Crippen MR) is 77.0 cm³/mol. The first-order valence-corrected chi connectivity index (χ1v) is 8.44. The number of pyridine rings is 1. The summed E-state index contributed by atoms with van der Waals surface area (Å²) in [6.07, 6.45) is 0.849. The molecular formula is C13H21N3O2S. The van der Waals surface area contributed by atoms with Gasteiger partial charge >= 0.3 is 0 Å². The molecule has 1 aliphatic heterocycles. The maximum atomic E-state index is 11.6. The number of nitrogens with two attached hydrogens (primary N) is 1. The van der Waals surface area contributed by atoms with Crippen molar-refractivity contribution in [3.63, 3.8) is 0 Å². The van der Waals surface area contributed by atoms with Crippen LogP contribution in [0.15, 0.2) is 12.1 Å². The van der Waals surface area contributed by atoms with E-state index in [2.05, 4.69) is 16.8 Å². The second-order valence-electron chi connectivity index (χ2n) is 5.04. The number of aromatic nitrogens is 1. The van der Waals surface area contributed by atoms with Crippen LogP contribution in [0.25, 0.3) is 0 Å². The zero-order valence-corrected chi connectivity index (χ0v) is 12.3. The lowest BCUT2D eigenvalue weighted by atomic mass is 10.1. The summed E-state index contributed by atoms with van der Waals surface area (Å²) < 4.78 is 23.2. The van der Waals surface area contributed by atoms with Crippen molar-refractivity contribution in [1.29, 1.82) is 0 Å². The van der Waals surface area contributed by atoms with E-state index in [4.69, 9.17) is 5.73 Å². The molecule has 1 unspecified atom stereocenters. The first-order valence-electron chi connectivity index (χ1n) is 6.62. The van der Waals surface area contributed by atoms with Crippen molar-refractivity contribution in [2.75, 3.05) is 23.0 Å². The fourth-order valence-electron chi connectivity index (χ4n) is 2.42. The van der Waals surface area contributed by atoms with Gasteiger partial charge < -0.3 is 10.6 Å². The largest absolute Gasteiger partial charge is 0.352 e. The van der Waals surface area contributed by atoms with Gasteiger partial charge in [0.1, 0.15) is 5.82 Å². The normalized spacial score (nSPS) is 22.5. The third-order valence-electron chi connectivity index (χ3n) is 3.49. The highest BCUT2D eigenvalue weighted by atomic mass is 32.2. The Morgan fingerprint density at radius 3 is 2.79 bits per heavy atom. The first kappa shape index (κ1) is 14.3. The zero-order chi connectivity index (χ0) is 14.0. The Morgan fingerprint density at radius 2 is 2.21 bits per heavy atom. The van der Waals surface area contributed by atoms with Crippen molar-refractivity contribution in [2.24, 2.45) is 5.73 Å². The molecule has 2 heterocycles. The van der Waals surface area contributed by atoms with E-state index in [1.807, 2.05) is 19.1 Å². The topological polar surface area (TPSA) is 76.3 Å². The molecule has 1 aromatic rings. The molecule has 0 saturated carbocycles. The van der Waals surface area contributed by atoms with Gasteiger partial charge in [0.25, 0.3) is 0 Å². The molecule has 1 fully saturated rings. The van der Waals surface area contributed by atoms with Crippen molar-refractivity contribution < 1.29 is 8.42 Å². The molecule has 2 N–H and O–H groups in total. The number of hydrogen-bond donors (Lipinski definition) is 1. The zero-order valence-electron chi connectivity index (χ0n) is 11.5. The Kier molecular flexibility index (Phi) is 4.10. The summed E-state index contributed by atoms with van der Waals surface area (Å²) >= 11 is 0. The van der Waals surface area contributed by atoms with E-state index in [9.17, 15) is 8.42 Å². The molecule has 1 atom stereocenters. The molecule has 1 aromatic heterocycles. The number of rotatable bonds is 3. The summed E-state index contributed by atoms with van der Waals surface area (Å²) in [5.41, 5.74) is 7.75. The van der Waals surface area contributed by atoms with Crippen LogP contribution in [-0.2, 0) is 22.8 Å². The highest BCUT2D eigenvalue weighted by Crippen LogP contribution is 2.21. The standard InChI is InChI=1S/C13H21N3O2S/c1-3-12-6-11(8-14)7-13(15-12)16-4-5-19(17,18)9-10(16)2/h6-7,10H,3-5,8-9,14H2,1-2H3. The summed E-state index contributed by atoms with van der Waals surface area (Å²) in [6.45, 7) is 4.96. The molecule has 0 amide bonds. The number of hydrogen-bond acceptors (Lipinski definition) is 5. The molecule has 0 aromatic carbocycles. The van der Waals surface area contributed by atoms with Gasteiger partial charge in [0.05, 0.1) is 11.5 Å². The van der Waals surface area contributed by atoms with E-state index in [0.29, 0.717) is 13.1 Å². The molecule has 19 heavy (non-hydrogen) atoms. The SMILES string of the molecule is CCc1cc(CN)cc(N2CCS(=O)(=O)CC2C)n1.